The molecule has 0 amide bonds. The van der Waals surface area contributed by atoms with E-state index in [4.69, 9.17) is 9.72 Å². The Kier molecular flexibility index (Phi) is 5.88. The van der Waals surface area contributed by atoms with Crippen LogP contribution in [-0.2, 0) is 4.74 Å². The van der Waals surface area contributed by atoms with Crippen molar-refractivity contribution in [1.82, 2.24) is 9.97 Å². The van der Waals surface area contributed by atoms with Gasteiger partial charge in [-0.1, -0.05) is 27.7 Å². The van der Waals surface area contributed by atoms with Gasteiger partial charge in [-0.3, -0.25) is 0 Å². The Morgan fingerprint density at radius 1 is 1.29 bits per heavy atom. The molecule has 0 saturated carbocycles. The highest BCUT2D eigenvalue weighted by Gasteiger charge is 2.31. The third-order valence-electron chi connectivity index (χ3n) is 3.68. The van der Waals surface area contributed by atoms with E-state index in [2.05, 4.69) is 30.7 Å². The number of hydrogen-bond donors (Lipinski definition) is 0. The average molecular weight is 309 g/mol. The Morgan fingerprint density at radius 2 is 2.05 bits per heavy atom. The van der Waals surface area contributed by atoms with Crippen LogP contribution in [0.3, 0.4) is 0 Å². The second-order valence-electron chi connectivity index (χ2n) is 5.56. The van der Waals surface area contributed by atoms with E-state index in [1.54, 1.807) is 0 Å². The number of aromatic nitrogens is 2. The molecular formula is C16H27N3OS. The minimum Gasteiger partial charge on any atom is -0.379 e. The molecule has 1 aromatic heterocycles. The summed E-state index contributed by atoms with van der Waals surface area (Å²) in [7, 11) is 0. The highest BCUT2D eigenvalue weighted by Crippen LogP contribution is 2.39. The predicted octanol–water partition coefficient (Wildman–Crippen LogP) is 3.64. The van der Waals surface area contributed by atoms with Gasteiger partial charge in [-0.25, -0.2) is 9.97 Å². The van der Waals surface area contributed by atoms with E-state index < -0.39 is 0 Å². The number of anilines is 1. The fourth-order valence-electron chi connectivity index (χ4n) is 2.62. The smallest absolute Gasteiger partial charge is 0.146 e. The largest absolute Gasteiger partial charge is 0.379 e. The first-order valence-electron chi connectivity index (χ1n) is 8.02. The van der Waals surface area contributed by atoms with Crippen LogP contribution < -0.4 is 4.90 Å². The van der Waals surface area contributed by atoms with E-state index in [1.165, 1.54) is 4.90 Å². The number of nitrogens with zero attached hydrogens (tertiary/aromatic N) is 3. The lowest BCUT2D eigenvalue weighted by Crippen LogP contribution is -2.43. The van der Waals surface area contributed by atoms with Crippen molar-refractivity contribution in [1.29, 1.82) is 0 Å². The summed E-state index contributed by atoms with van der Waals surface area (Å²) in [6.45, 7) is 13.2. The zero-order valence-electron chi connectivity index (χ0n) is 13.8. The molecule has 0 aromatic carbocycles. The van der Waals surface area contributed by atoms with Crippen LogP contribution in [0, 0.1) is 6.92 Å². The molecule has 0 bridgehead atoms. The summed E-state index contributed by atoms with van der Waals surface area (Å²) < 4.78 is 5.69. The molecule has 3 rings (SSSR count). The van der Waals surface area contributed by atoms with Crippen LogP contribution in [0.1, 0.15) is 51.6 Å². The van der Waals surface area contributed by atoms with Crippen molar-refractivity contribution in [3.05, 3.63) is 11.5 Å². The summed E-state index contributed by atoms with van der Waals surface area (Å²) in [5, 5.41) is 0. The maximum Gasteiger partial charge on any atom is 0.146 e. The number of hydrogen-bond acceptors (Lipinski definition) is 5. The predicted molar refractivity (Wildman–Crippen MR) is 89.5 cm³/mol. The normalized spacial score (nSPS) is 21.0. The van der Waals surface area contributed by atoms with Crippen molar-refractivity contribution >= 4 is 17.6 Å². The second kappa shape index (κ2) is 7.45. The van der Waals surface area contributed by atoms with Gasteiger partial charge in [0.1, 0.15) is 11.6 Å². The number of fused-ring (bicyclic) bond motifs is 3. The lowest BCUT2D eigenvalue weighted by Gasteiger charge is -2.36. The molecule has 21 heavy (non-hydrogen) atoms. The van der Waals surface area contributed by atoms with Crippen LogP contribution >= 0.6 is 11.8 Å². The first-order chi connectivity index (χ1) is 10.2. The van der Waals surface area contributed by atoms with Crippen molar-refractivity contribution in [2.24, 2.45) is 0 Å². The molecule has 0 radical (unpaired) electrons. The van der Waals surface area contributed by atoms with E-state index in [-0.39, 0.29) is 0 Å². The standard InChI is InChI=1S/C14H21N3OS.C2H6/c1-9(2)13-15-10(3)12-14(16-13)17-5-4-6-18-7-11(17)8-19-12;1-2/h9,11H,4-8H2,1-3H3;1-2H3. The van der Waals surface area contributed by atoms with Crippen molar-refractivity contribution in [3.8, 4) is 0 Å². The van der Waals surface area contributed by atoms with E-state index in [0.717, 1.165) is 49.3 Å². The SMILES string of the molecule is CC.Cc1nc(C(C)C)nc2c1SCC1COCCCN21. The van der Waals surface area contributed by atoms with Gasteiger partial charge in [0.15, 0.2) is 0 Å². The van der Waals surface area contributed by atoms with Crippen LogP contribution in [0.5, 0.6) is 0 Å². The summed E-state index contributed by atoms with van der Waals surface area (Å²) in [5.41, 5.74) is 1.13. The fourth-order valence-corrected chi connectivity index (χ4v) is 3.80. The molecular weight excluding hydrogens is 282 g/mol. The molecule has 3 heterocycles. The lowest BCUT2D eigenvalue weighted by molar-refractivity contribution is 0.138. The monoisotopic (exact) mass is 309 g/mol. The Morgan fingerprint density at radius 3 is 2.76 bits per heavy atom. The third kappa shape index (κ3) is 3.51. The molecule has 4 nitrogen and oxygen atoms in total. The summed E-state index contributed by atoms with van der Waals surface area (Å²) in [4.78, 5) is 13.2. The van der Waals surface area contributed by atoms with Crippen molar-refractivity contribution in [2.75, 3.05) is 30.4 Å². The summed E-state index contributed by atoms with van der Waals surface area (Å²) >= 11 is 1.88. The zero-order chi connectivity index (χ0) is 15.4. The number of thioether (sulfide) groups is 1. The quantitative estimate of drug-likeness (QED) is 0.792. The van der Waals surface area contributed by atoms with Gasteiger partial charge in [0.05, 0.1) is 23.2 Å². The minimum atomic E-state index is 0.373. The van der Waals surface area contributed by atoms with Gasteiger partial charge < -0.3 is 9.64 Å². The van der Waals surface area contributed by atoms with Gasteiger partial charge in [0.2, 0.25) is 0 Å². The molecule has 5 heteroatoms. The maximum atomic E-state index is 5.69. The second-order valence-corrected chi connectivity index (χ2v) is 6.59. The molecule has 0 N–H and O–H groups in total. The summed E-state index contributed by atoms with van der Waals surface area (Å²) in [5.74, 6) is 3.56. The van der Waals surface area contributed by atoms with Crippen LogP contribution in [0.2, 0.25) is 0 Å². The molecule has 0 aliphatic carbocycles. The molecule has 1 aromatic rings. The van der Waals surface area contributed by atoms with Crippen molar-refractivity contribution in [3.63, 3.8) is 0 Å². The average Bonchev–Trinajstić information content (AvgIpc) is 2.74. The van der Waals surface area contributed by atoms with E-state index in [9.17, 15) is 0 Å². The van der Waals surface area contributed by atoms with Crippen LogP contribution in [0.4, 0.5) is 5.82 Å². The van der Waals surface area contributed by atoms with E-state index >= 15 is 0 Å². The minimum absolute atomic E-state index is 0.373. The molecule has 1 atom stereocenters. The Balaban J connectivity index is 0.000000774. The molecule has 2 aliphatic heterocycles. The third-order valence-corrected chi connectivity index (χ3v) is 5.00. The van der Waals surface area contributed by atoms with Gasteiger partial charge >= 0.3 is 0 Å². The highest BCUT2D eigenvalue weighted by molar-refractivity contribution is 7.99. The molecule has 1 unspecified atom stereocenters. The number of ether oxygens (including phenoxy) is 1. The molecule has 2 aliphatic rings. The summed E-state index contributed by atoms with van der Waals surface area (Å²) in [6, 6.07) is 0.467. The number of rotatable bonds is 1. The van der Waals surface area contributed by atoms with Gasteiger partial charge in [0.25, 0.3) is 0 Å². The maximum absolute atomic E-state index is 5.69. The molecule has 118 valence electrons. The van der Waals surface area contributed by atoms with E-state index in [0.29, 0.717) is 12.0 Å². The Labute approximate surface area is 132 Å². The zero-order valence-corrected chi connectivity index (χ0v) is 14.7. The first-order valence-corrected chi connectivity index (χ1v) is 9.01. The highest BCUT2D eigenvalue weighted by atomic mass is 32.2. The van der Waals surface area contributed by atoms with Gasteiger partial charge in [-0.2, -0.15) is 0 Å². The Bertz CT molecular complexity index is 479. The topological polar surface area (TPSA) is 38.3 Å². The summed E-state index contributed by atoms with van der Waals surface area (Å²) in [6.07, 6.45) is 1.08. The number of aryl methyl sites for hydroxylation is 1. The van der Waals surface area contributed by atoms with Crippen LogP contribution in [0.25, 0.3) is 0 Å². The van der Waals surface area contributed by atoms with Crippen LogP contribution in [-0.4, -0.2) is 41.5 Å². The van der Waals surface area contributed by atoms with E-state index in [1.807, 2.05) is 25.6 Å². The molecule has 1 saturated heterocycles. The van der Waals surface area contributed by atoms with Crippen molar-refractivity contribution in [2.45, 2.75) is 57.9 Å². The van der Waals surface area contributed by atoms with Gasteiger partial charge in [0, 0.05) is 24.8 Å². The molecule has 1 fully saturated rings. The lowest BCUT2D eigenvalue weighted by atomic mass is 10.2. The van der Waals surface area contributed by atoms with Crippen molar-refractivity contribution < 1.29 is 4.74 Å². The van der Waals surface area contributed by atoms with Gasteiger partial charge in [-0.15, -0.1) is 11.8 Å². The Hall–Kier alpha value is -0.810. The first kappa shape index (κ1) is 16.6. The van der Waals surface area contributed by atoms with Crippen LogP contribution in [0.15, 0.2) is 4.90 Å². The van der Waals surface area contributed by atoms with Gasteiger partial charge in [-0.05, 0) is 13.3 Å². The fraction of sp³-hybridized carbons (Fsp3) is 0.750. The molecule has 0 spiro atoms.